The van der Waals surface area contributed by atoms with Crippen molar-refractivity contribution < 1.29 is 9.90 Å². The normalized spacial score (nSPS) is 24.3. The van der Waals surface area contributed by atoms with Gasteiger partial charge >= 0.3 is 0 Å². The zero-order valence-electron chi connectivity index (χ0n) is 8.75. The van der Waals surface area contributed by atoms with Crippen LogP contribution in [0.4, 0.5) is 0 Å². The fraction of sp³-hybridized carbons (Fsp3) is 0.900. The summed E-state index contributed by atoms with van der Waals surface area (Å²) in [6.07, 6.45) is 2.68. The number of hydrogen-bond acceptors (Lipinski definition) is 3. The number of carbonyl (C=O) groups is 1. The second-order valence-corrected chi connectivity index (χ2v) is 3.97. The van der Waals surface area contributed by atoms with E-state index in [9.17, 15) is 4.79 Å². The molecule has 4 heteroatoms. The van der Waals surface area contributed by atoms with Crippen molar-refractivity contribution in [2.24, 2.45) is 5.92 Å². The fourth-order valence-electron chi connectivity index (χ4n) is 1.70. The molecule has 14 heavy (non-hydrogen) atoms. The van der Waals surface area contributed by atoms with E-state index in [0.29, 0.717) is 6.42 Å². The molecule has 1 fully saturated rings. The van der Waals surface area contributed by atoms with Gasteiger partial charge in [-0.25, -0.2) is 0 Å². The molecule has 0 aromatic heterocycles. The molecule has 82 valence electrons. The Labute approximate surface area is 85.1 Å². The Bertz CT molecular complexity index is 179. The van der Waals surface area contributed by atoms with Crippen LogP contribution < -0.4 is 10.6 Å². The van der Waals surface area contributed by atoms with Crippen LogP contribution in [-0.2, 0) is 4.79 Å². The first-order valence-corrected chi connectivity index (χ1v) is 5.36. The van der Waals surface area contributed by atoms with E-state index in [1.54, 1.807) is 0 Å². The molecule has 1 rings (SSSR count). The maximum Gasteiger partial charge on any atom is 0.224 e. The van der Waals surface area contributed by atoms with E-state index in [-0.39, 0.29) is 24.5 Å². The van der Waals surface area contributed by atoms with Crippen molar-refractivity contribution in [2.45, 2.75) is 32.2 Å². The average Bonchev–Trinajstić information content (AvgIpc) is 2.19. The Morgan fingerprint density at radius 1 is 1.71 bits per heavy atom. The zero-order valence-corrected chi connectivity index (χ0v) is 8.75. The molecule has 0 bridgehead atoms. The number of aliphatic hydroxyl groups excluding tert-OH is 1. The molecular formula is C10H20N2O2. The molecule has 1 aliphatic rings. The summed E-state index contributed by atoms with van der Waals surface area (Å²) >= 11 is 0. The van der Waals surface area contributed by atoms with Crippen LogP contribution in [0.15, 0.2) is 0 Å². The first kappa shape index (κ1) is 11.5. The van der Waals surface area contributed by atoms with E-state index in [2.05, 4.69) is 10.6 Å². The number of piperidine rings is 1. The van der Waals surface area contributed by atoms with Crippen LogP contribution in [0.2, 0.25) is 0 Å². The molecule has 0 aromatic carbocycles. The number of carbonyl (C=O) groups excluding carboxylic acids is 1. The summed E-state index contributed by atoms with van der Waals surface area (Å²) in [6.45, 7) is 3.86. The minimum absolute atomic E-state index is 0.0782. The number of amides is 1. The first-order valence-electron chi connectivity index (χ1n) is 5.36. The SMILES string of the molecule is CC(CCO)NC(=O)[C@H]1CCCNC1. The standard InChI is InChI=1S/C10H20N2O2/c1-8(4-6-13)12-10(14)9-3-2-5-11-7-9/h8-9,11,13H,2-7H2,1H3,(H,12,14)/t8?,9-/m0/s1. The molecule has 1 saturated heterocycles. The minimum Gasteiger partial charge on any atom is -0.396 e. The molecule has 1 unspecified atom stereocenters. The van der Waals surface area contributed by atoms with E-state index in [1.165, 1.54) is 0 Å². The van der Waals surface area contributed by atoms with Gasteiger partial charge in [0.05, 0.1) is 5.92 Å². The van der Waals surface area contributed by atoms with E-state index >= 15 is 0 Å². The topological polar surface area (TPSA) is 61.4 Å². The monoisotopic (exact) mass is 200 g/mol. The van der Waals surface area contributed by atoms with Crippen LogP contribution in [-0.4, -0.2) is 36.8 Å². The molecule has 1 heterocycles. The van der Waals surface area contributed by atoms with Gasteiger partial charge in [-0.1, -0.05) is 0 Å². The van der Waals surface area contributed by atoms with Crippen LogP contribution >= 0.6 is 0 Å². The van der Waals surface area contributed by atoms with Gasteiger partial charge < -0.3 is 15.7 Å². The fourth-order valence-corrected chi connectivity index (χ4v) is 1.70. The quantitative estimate of drug-likeness (QED) is 0.592. The molecule has 1 amide bonds. The van der Waals surface area contributed by atoms with Gasteiger partial charge in [0.2, 0.25) is 5.91 Å². The minimum atomic E-state index is 0.0782. The predicted molar refractivity (Wildman–Crippen MR) is 54.9 cm³/mol. The highest BCUT2D eigenvalue weighted by molar-refractivity contribution is 5.79. The molecule has 3 N–H and O–H groups in total. The Kier molecular flexibility index (Phi) is 4.90. The molecule has 0 spiro atoms. The maximum absolute atomic E-state index is 11.7. The van der Waals surface area contributed by atoms with Gasteiger partial charge in [-0.2, -0.15) is 0 Å². The molecule has 0 saturated carbocycles. The van der Waals surface area contributed by atoms with Crippen molar-refractivity contribution in [1.82, 2.24) is 10.6 Å². The van der Waals surface area contributed by atoms with E-state index in [1.807, 2.05) is 6.92 Å². The van der Waals surface area contributed by atoms with Crippen molar-refractivity contribution >= 4 is 5.91 Å². The molecule has 1 aliphatic heterocycles. The number of hydrogen-bond donors (Lipinski definition) is 3. The highest BCUT2D eigenvalue weighted by Crippen LogP contribution is 2.10. The van der Waals surface area contributed by atoms with Crippen LogP contribution in [0.25, 0.3) is 0 Å². The second-order valence-electron chi connectivity index (χ2n) is 3.97. The third-order valence-electron chi connectivity index (χ3n) is 2.62. The van der Waals surface area contributed by atoms with Crippen molar-refractivity contribution in [1.29, 1.82) is 0 Å². The van der Waals surface area contributed by atoms with E-state index in [4.69, 9.17) is 5.11 Å². The first-order chi connectivity index (χ1) is 6.74. The van der Waals surface area contributed by atoms with Crippen LogP contribution in [0.3, 0.4) is 0 Å². The van der Waals surface area contributed by atoms with Gasteiger partial charge in [0.15, 0.2) is 0 Å². The maximum atomic E-state index is 11.7. The summed E-state index contributed by atoms with van der Waals surface area (Å²) < 4.78 is 0. The lowest BCUT2D eigenvalue weighted by atomic mass is 9.98. The zero-order chi connectivity index (χ0) is 10.4. The van der Waals surface area contributed by atoms with Gasteiger partial charge in [0.1, 0.15) is 0 Å². The lowest BCUT2D eigenvalue weighted by molar-refractivity contribution is -0.126. The summed E-state index contributed by atoms with van der Waals surface area (Å²) in [4.78, 5) is 11.7. The van der Waals surface area contributed by atoms with Crippen LogP contribution in [0.5, 0.6) is 0 Å². The third kappa shape index (κ3) is 3.64. The lowest BCUT2D eigenvalue weighted by Gasteiger charge is -2.23. The molecule has 2 atom stereocenters. The van der Waals surface area contributed by atoms with E-state index < -0.39 is 0 Å². The molecule has 4 nitrogen and oxygen atoms in total. The van der Waals surface area contributed by atoms with Gasteiger partial charge in [-0.15, -0.1) is 0 Å². The van der Waals surface area contributed by atoms with Crippen LogP contribution in [0, 0.1) is 5.92 Å². The predicted octanol–water partition coefficient (Wildman–Crippen LogP) is -0.127. The highest BCUT2D eigenvalue weighted by atomic mass is 16.3. The van der Waals surface area contributed by atoms with Crippen molar-refractivity contribution in [2.75, 3.05) is 19.7 Å². The van der Waals surface area contributed by atoms with Crippen molar-refractivity contribution in [3.8, 4) is 0 Å². The molecular weight excluding hydrogens is 180 g/mol. The van der Waals surface area contributed by atoms with Gasteiger partial charge in [0, 0.05) is 19.2 Å². The summed E-state index contributed by atoms with van der Waals surface area (Å²) in [7, 11) is 0. The van der Waals surface area contributed by atoms with Gasteiger partial charge in [-0.3, -0.25) is 4.79 Å². The Morgan fingerprint density at radius 3 is 3.07 bits per heavy atom. The van der Waals surface area contributed by atoms with Crippen LogP contribution in [0.1, 0.15) is 26.2 Å². The highest BCUT2D eigenvalue weighted by Gasteiger charge is 2.21. The molecule has 0 aromatic rings. The summed E-state index contributed by atoms with van der Waals surface area (Å²) in [5.41, 5.74) is 0. The summed E-state index contributed by atoms with van der Waals surface area (Å²) in [5.74, 6) is 0.239. The molecule has 0 radical (unpaired) electrons. The Balaban J connectivity index is 2.25. The summed E-state index contributed by atoms with van der Waals surface area (Å²) in [6, 6.07) is 0.0782. The lowest BCUT2D eigenvalue weighted by Crippen LogP contribution is -2.43. The van der Waals surface area contributed by atoms with Gasteiger partial charge in [-0.05, 0) is 32.7 Å². The number of aliphatic hydroxyl groups is 1. The smallest absolute Gasteiger partial charge is 0.224 e. The molecule has 0 aliphatic carbocycles. The van der Waals surface area contributed by atoms with Crippen molar-refractivity contribution in [3.63, 3.8) is 0 Å². The number of rotatable bonds is 4. The van der Waals surface area contributed by atoms with Crippen molar-refractivity contribution in [3.05, 3.63) is 0 Å². The second kappa shape index (κ2) is 5.98. The number of nitrogens with one attached hydrogen (secondary N) is 2. The third-order valence-corrected chi connectivity index (χ3v) is 2.62. The van der Waals surface area contributed by atoms with E-state index in [0.717, 1.165) is 25.9 Å². The largest absolute Gasteiger partial charge is 0.396 e. The Hall–Kier alpha value is -0.610. The van der Waals surface area contributed by atoms with Gasteiger partial charge in [0.25, 0.3) is 0 Å². The summed E-state index contributed by atoms with van der Waals surface area (Å²) in [5, 5.41) is 14.8. The Morgan fingerprint density at radius 2 is 2.50 bits per heavy atom. The average molecular weight is 200 g/mol.